The van der Waals surface area contributed by atoms with Gasteiger partial charge in [-0.05, 0) is 11.0 Å². The summed E-state index contributed by atoms with van der Waals surface area (Å²) in [6.07, 6.45) is 1.13. The van der Waals surface area contributed by atoms with Gasteiger partial charge in [0.15, 0.2) is 0 Å². The van der Waals surface area contributed by atoms with Crippen LogP contribution in [0.25, 0.3) is 0 Å². The van der Waals surface area contributed by atoms with Crippen molar-refractivity contribution in [3.63, 3.8) is 0 Å². The molecular weight excluding hydrogens is 282 g/mol. The van der Waals surface area contributed by atoms with Gasteiger partial charge in [-0.25, -0.2) is 5.43 Å². The average molecular weight is 291 g/mol. The Hall–Kier alpha value is -3.30. The van der Waals surface area contributed by atoms with Crippen LogP contribution in [0, 0.1) is 22.2 Å². The first-order valence-corrected chi connectivity index (χ1v) is 5.63. The molecule has 0 radical (unpaired) electrons. The molecule has 10 nitrogen and oxygen atoms in total. The number of nitro benzene ring substituents is 1. The van der Waals surface area contributed by atoms with Crippen molar-refractivity contribution in [2.24, 2.45) is 5.10 Å². The van der Waals surface area contributed by atoms with Crippen LogP contribution in [0.1, 0.15) is 21.7 Å². The maximum absolute atomic E-state index is 11.7. The molecule has 0 fully saturated rings. The van der Waals surface area contributed by atoms with Crippen molar-refractivity contribution in [3.8, 4) is 0 Å². The van der Waals surface area contributed by atoms with Gasteiger partial charge < -0.3 is 5.21 Å². The lowest BCUT2D eigenvalue weighted by atomic mass is 10.2. The van der Waals surface area contributed by atoms with Gasteiger partial charge in [-0.15, -0.1) is 0 Å². The molecule has 0 aliphatic rings. The van der Waals surface area contributed by atoms with Crippen molar-refractivity contribution in [1.29, 1.82) is 0 Å². The lowest BCUT2D eigenvalue weighted by Gasteiger charge is -1.98. The minimum absolute atomic E-state index is 0.0807. The highest BCUT2D eigenvalue weighted by atomic mass is 16.8. The molecule has 0 saturated carbocycles. The molecule has 0 aliphatic heterocycles. The number of hydrogen-bond donors (Lipinski definition) is 1. The normalized spacial score (nSPS) is 10.7. The summed E-state index contributed by atoms with van der Waals surface area (Å²) >= 11 is 0. The van der Waals surface area contributed by atoms with E-state index in [1.807, 2.05) is 0 Å². The molecule has 21 heavy (non-hydrogen) atoms. The molecule has 10 heteroatoms. The third-order valence-electron chi connectivity index (χ3n) is 2.53. The number of nitro groups is 1. The summed E-state index contributed by atoms with van der Waals surface area (Å²) in [4.78, 5) is 21.9. The first-order chi connectivity index (χ1) is 9.99. The second-order valence-electron chi connectivity index (χ2n) is 3.91. The number of nitrogens with zero attached hydrogens (tertiary/aromatic N) is 4. The van der Waals surface area contributed by atoms with Crippen molar-refractivity contribution in [1.82, 2.24) is 10.6 Å². The van der Waals surface area contributed by atoms with Gasteiger partial charge >= 0.3 is 0 Å². The molecule has 108 valence electrons. The summed E-state index contributed by atoms with van der Waals surface area (Å²) in [5.41, 5.74) is 2.38. The second-order valence-corrected chi connectivity index (χ2v) is 3.91. The fourth-order valence-corrected chi connectivity index (χ4v) is 1.40. The van der Waals surface area contributed by atoms with Crippen molar-refractivity contribution < 1.29 is 19.2 Å². The number of nitrogens with one attached hydrogen (secondary N) is 1. The fourth-order valence-electron chi connectivity index (χ4n) is 1.40. The highest BCUT2D eigenvalue weighted by Gasteiger charge is 2.13. The van der Waals surface area contributed by atoms with E-state index in [9.17, 15) is 20.1 Å². The zero-order chi connectivity index (χ0) is 15.4. The van der Waals surface area contributed by atoms with Crippen molar-refractivity contribution in [3.05, 3.63) is 56.5 Å². The molecule has 0 aliphatic carbocycles. The monoisotopic (exact) mass is 291 g/mol. The van der Waals surface area contributed by atoms with Gasteiger partial charge in [0, 0.05) is 29.8 Å². The molecule has 1 N–H and O–H groups in total. The molecule has 0 spiro atoms. The van der Waals surface area contributed by atoms with Gasteiger partial charge in [-0.2, -0.15) is 5.10 Å². The zero-order valence-corrected chi connectivity index (χ0v) is 10.7. The SMILES string of the molecule is Cc1c(/C=N/NC(=O)c2cccc([N+](=O)[O-])c2)no[n+]1[O-]. The van der Waals surface area contributed by atoms with Crippen LogP contribution in [0.15, 0.2) is 34.0 Å². The van der Waals surface area contributed by atoms with E-state index >= 15 is 0 Å². The van der Waals surface area contributed by atoms with Gasteiger partial charge in [-0.3, -0.25) is 19.5 Å². The van der Waals surface area contributed by atoms with Crippen LogP contribution in [-0.2, 0) is 0 Å². The van der Waals surface area contributed by atoms with E-state index < -0.39 is 10.8 Å². The number of hydrogen-bond acceptors (Lipinski definition) is 7. The van der Waals surface area contributed by atoms with Crippen LogP contribution in [-0.4, -0.2) is 22.2 Å². The third kappa shape index (κ3) is 3.18. The van der Waals surface area contributed by atoms with Crippen molar-refractivity contribution in [2.75, 3.05) is 0 Å². The number of rotatable bonds is 4. The Bertz CT molecular complexity index is 724. The average Bonchev–Trinajstić information content (AvgIpc) is 2.79. The quantitative estimate of drug-likeness (QED) is 0.372. The Morgan fingerprint density at radius 2 is 2.33 bits per heavy atom. The molecule has 2 aromatic rings. The van der Waals surface area contributed by atoms with E-state index in [2.05, 4.69) is 20.3 Å². The van der Waals surface area contributed by atoms with Crippen LogP contribution in [0.3, 0.4) is 0 Å². The Balaban J connectivity index is 2.06. The lowest BCUT2D eigenvalue weighted by molar-refractivity contribution is -0.806. The Labute approximate surface area is 117 Å². The zero-order valence-electron chi connectivity index (χ0n) is 10.7. The number of carbonyl (C=O) groups excluding carboxylic acids is 1. The summed E-state index contributed by atoms with van der Waals surface area (Å²) in [6, 6.07) is 5.19. The molecule has 0 bridgehead atoms. The van der Waals surface area contributed by atoms with Crippen LogP contribution < -0.4 is 10.3 Å². The predicted molar refractivity (Wildman–Crippen MR) is 68.4 cm³/mol. The molecule has 2 rings (SSSR count). The van der Waals surface area contributed by atoms with E-state index in [0.717, 1.165) is 12.3 Å². The largest absolute Gasteiger partial charge is 0.359 e. The fraction of sp³-hybridized carbons (Fsp3) is 0.0909. The minimum atomic E-state index is -0.633. The summed E-state index contributed by atoms with van der Waals surface area (Å²) in [5.74, 6) is -0.633. The van der Waals surface area contributed by atoms with Crippen LogP contribution in [0.2, 0.25) is 0 Å². The number of aromatic nitrogens is 2. The Kier molecular flexibility index (Phi) is 3.88. The summed E-state index contributed by atoms with van der Waals surface area (Å²) in [5, 5.41) is 28.5. The molecular formula is C11H9N5O5. The summed E-state index contributed by atoms with van der Waals surface area (Å²) in [6.45, 7) is 1.47. The second kappa shape index (κ2) is 5.77. The van der Waals surface area contributed by atoms with Gasteiger partial charge in [0.1, 0.15) is 6.21 Å². The summed E-state index contributed by atoms with van der Waals surface area (Å²) < 4.78 is 4.31. The van der Waals surface area contributed by atoms with Crippen molar-refractivity contribution in [2.45, 2.75) is 6.92 Å². The molecule has 1 aromatic heterocycles. The first-order valence-electron chi connectivity index (χ1n) is 5.63. The number of amides is 1. The molecule has 0 unspecified atom stereocenters. The van der Waals surface area contributed by atoms with Gasteiger partial charge in [0.05, 0.1) is 4.92 Å². The van der Waals surface area contributed by atoms with E-state index in [1.165, 1.54) is 25.1 Å². The molecule has 0 saturated heterocycles. The number of benzene rings is 1. The maximum Gasteiger partial charge on any atom is 0.271 e. The van der Waals surface area contributed by atoms with Gasteiger partial charge in [0.25, 0.3) is 17.3 Å². The Morgan fingerprint density at radius 3 is 2.95 bits per heavy atom. The van der Waals surface area contributed by atoms with E-state index in [4.69, 9.17) is 0 Å². The smallest absolute Gasteiger partial charge is 0.271 e. The molecule has 0 atom stereocenters. The molecule has 1 amide bonds. The van der Waals surface area contributed by atoms with Crippen LogP contribution >= 0.6 is 0 Å². The topological polar surface area (TPSA) is 138 Å². The van der Waals surface area contributed by atoms with Gasteiger partial charge in [0.2, 0.25) is 5.69 Å². The van der Waals surface area contributed by atoms with Crippen LogP contribution in [0.5, 0.6) is 0 Å². The van der Waals surface area contributed by atoms with E-state index in [1.54, 1.807) is 0 Å². The Morgan fingerprint density at radius 1 is 1.57 bits per heavy atom. The molecule has 1 heterocycles. The van der Waals surface area contributed by atoms with E-state index in [-0.39, 0.29) is 27.5 Å². The standard InChI is InChI=1S/C11H9N5O5/c1-7-10(14-21-16(7)20)6-12-13-11(17)8-3-2-4-9(5-8)15(18)19/h2-6H,1H3,(H,13,17)/b12-6+. The number of non-ortho nitro benzene ring substituents is 1. The predicted octanol–water partition coefficient (Wildman–Crippen LogP) is 0.289. The number of hydrazone groups is 1. The summed E-state index contributed by atoms with van der Waals surface area (Å²) in [7, 11) is 0. The lowest BCUT2D eigenvalue weighted by Crippen LogP contribution is -2.26. The van der Waals surface area contributed by atoms with E-state index in [0.29, 0.717) is 0 Å². The van der Waals surface area contributed by atoms with Gasteiger partial charge in [-0.1, -0.05) is 6.07 Å². The highest BCUT2D eigenvalue weighted by molar-refractivity contribution is 5.95. The van der Waals surface area contributed by atoms with Crippen molar-refractivity contribution >= 4 is 17.8 Å². The minimum Gasteiger partial charge on any atom is -0.359 e. The highest BCUT2D eigenvalue weighted by Crippen LogP contribution is 2.12. The maximum atomic E-state index is 11.7. The number of carbonyl (C=O) groups is 1. The molecule has 1 aromatic carbocycles. The first kappa shape index (κ1) is 14.1. The van der Waals surface area contributed by atoms with Crippen LogP contribution in [0.4, 0.5) is 5.69 Å². The third-order valence-corrected chi connectivity index (χ3v) is 2.53.